The van der Waals surface area contributed by atoms with Gasteiger partial charge in [-0.1, -0.05) is 35.9 Å². The Labute approximate surface area is 176 Å². The molecule has 0 saturated carbocycles. The SMILES string of the molecule is CCOc1ccc(Nc2c(S(=O)(=O)c3ccc(C)cc3)cnc3ccccc23)cc1. The lowest BCUT2D eigenvalue weighted by Gasteiger charge is -2.16. The van der Waals surface area contributed by atoms with E-state index in [4.69, 9.17) is 4.74 Å². The van der Waals surface area contributed by atoms with E-state index >= 15 is 0 Å². The lowest BCUT2D eigenvalue weighted by molar-refractivity contribution is 0.340. The van der Waals surface area contributed by atoms with Gasteiger partial charge in [-0.2, -0.15) is 0 Å². The monoisotopic (exact) mass is 418 g/mol. The minimum atomic E-state index is -3.76. The van der Waals surface area contributed by atoms with Gasteiger partial charge in [-0.3, -0.25) is 4.98 Å². The average molecular weight is 419 g/mol. The zero-order valence-corrected chi connectivity index (χ0v) is 17.6. The fourth-order valence-electron chi connectivity index (χ4n) is 3.25. The number of fused-ring (bicyclic) bond motifs is 1. The number of rotatable bonds is 6. The molecule has 0 radical (unpaired) electrons. The van der Waals surface area contributed by atoms with Gasteiger partial charge in [-0.15, -0.1) is 0 Å². The lowest BCUT2D eigenvalue weighted by atomic mass is 10.2. The van der Waals surface area contributed by atoms with E-state index in [2.05, 4.69) is 10.3 Å². The summed E-state index contributed by atoms with van der Waals surface area (Å²) in [6.07, 6.45) is 1.43. The predicted octanol–water partition coefficient (Wildman–Crippen LogP) is 5.52. The van der Waals surface area contributed by atoms with E-state index in [1.165, 1.54) is 6.20 Å². The summed E-state index contributed by atoms with van der Waals surface area (Å²) in [5.74, 6) is 0.759. The first-order valence-electron chi connectivity index (χ1n) is 9.68. The van der Waals surface area contributed by atoms with E-state index in [0.29, 0.717) is 17.8 Å². The summed E-state index contributed by atoms with van der Waals surface area (Å²) in [5, 5.41) is 4.03. The molecule has 4 rings (SSSR count). The summed E-state index contributed by atoms with van der Waals surface area (Å²) in [5.41, 5.74) is 2.98. The Morgan fingerprint density at radius 2 is 1.63 bits per heavy atom. The summed E-state index contributed by atoms with van der Waals surface area (Å²) in [6, 6.07) is 21.7. The molecule has 0 atom stereocenters. The van der Waals surface area contributed by atoms with Gasteiger partial charge in [0.25, 0.3) is 0 Å². The summed E-state index contributed by atoms with van der Waals surface area (Å²) in [6.45, 7) is 4.44. The van der Waals surface area contributed by atoms with Crippen molar-refractivity contribution in [3.63, 3.8) is 0 Å². The Morgan fingerprint density at radius 1 is 0.933 bits per heavy atom. The molecule has 6 heteroatoms. The van der Waals surface area contributed by atoms with E-state index in [0.717, 1.165) is 22.4 Å². The maximum Gasteiger partial charge on any atom is 0.210 e. The van der Waals surface area contributed by atoms with Crippen molar-refractivity contribution in [2.24, 2.45) is 0 Å². The van der Waals surface area contributed by atoms with Crippen LogP contribution < -0.4 is 10.1 Å². The molecule has 5 nitrogen and oxygen atoms in total. The largest absolute Gasteiger partial charge is 0.494 e. The quantitative estimate of drug-likeness (QED) is 0.447. The van der Waals surface area contributed by atoms with E-state index < -0.39 is 9.84 Å². The molecule has 0 amide bonds. The molecule has 3 aromatic carbocycles. The van der Waals surface area contributed by atoms with E-state index in [-0.39, 0.29) is 9.79 Å². The van der Waals surface area contributed by atoms with Gasteiger partial charge in [0, 0.05) is 17.3 Å². The molecular formula is C24H22N2O3S. The van der Waals surface area contributed by atoms with Crippen LogP contribution in [-0.2, 0) is 9.84 Å². The summed E-state index contributed by atoms with van der Waals surface area (Å²) in [7, 11) is -3.76. The van der Waals surface area contributed by atoms with Crippen LogP contribution in [0.5, 0.6) is 5.75 Å². The van der Waals surface area contributed by atoms with Gasteiger partial charge < -0.3 is 10.1 Å². The fraction of sp³-hybridized carbons (Fsp3) is 0.125. The van der Waals surface area contributed by atoms with Gasteiger partial charge in [0.1, 0.15) is 10.6 Å². The minimum Gasteiger partial charge on any atom is -0.494 e. The Balaban J connectivity index is 1.85. The van der Waals surface area contributed by atoms with Gasteiger partial charge in [0.15, 0.2) is 0 Å². The predicted molar refractivity (Wildman–Crippen MR) is 119 cm³/mol. The maximum absolute atomic E-state index is 13.4. The van der Waals surface area contributed by atoms with Crippen molar-refractivity contribution in [3.05, 3.63) is 84.6 Å². The smallest absolute Gasteiger partial charge is 0.210 e. The number of nitrogens with one attached hydrogen (secondary N) is 1. The number of benzene rings is 3. The first-order chi connectivity index (χ1) is 14.5. The molecule has 0 spiro atoms. The van der Waals surface area contributed by atoms with Crippen LogP contribution in [0.15, 0.2) is 88.8 Å². The van der Waals surface area contributed by atoms with Crippen LogP contribution in [0.25, 0.3) is 10.9 Å². The zero-order valence-electron chi connectivity index (χ0n) is 16.8. The second kappa shape index (κ2) is 8.16. The first-order valence-corrected chi connectivity index (χ1v) is 11.2. The van der Waals surface area contributed by atoms with Crippen molar-refractivity contribution in [2.45, 2.75) is 23.6 Å². The van der Waals surface area contributed by atoms with Crippen LogP contribution in [-0.4, -0.2) is 20.0 Å². The molecule has 152 valence electrons. The van der Waals surface area contributed by atoms with Gasteiger partial charge in [-0.05, 0) is 56.3 Å². The molecule has 1 heterocycles. The van der Waals surface area contributed by atoms with Crippen LogP contribution in [0.4, 0.5) is 11.4 Å². The normalized spacial score (nSPS) is 11.4. The Morgan fingerprint density at radius 3 is 2.33 bits per heavy atom. The van der Waals surface area contributed by atoms with Gasteiger partial charge >= 0.3 is 0 Å². The molecular weight excluding hydrogens is 396 g/mol. The number of para-hydroxylation sites is 1. The third-order valence-electron chi connectivity index (χ3n) is 4.80. The lowest BCUT2D eigenvalue weighted by Crippen LogP contribution is -2.07. The van der Waals surface area contributed by atoms with Crippen molar-refractivity contribution in [1.82, 2.24) is 4.98 Å². The molecule has 30 heavy (non-hydrogen) atoms. The molecule has 0 unspecified atom stereocenters. The Bertz CT molecular complexity index is 1280. The number of nitrogens with zero attached hydrogens (tertiary/aromatic N) is 1. The third-order valence-corrected chi connectivity index (χ3v) is 6.58. The number of hydrogen-bond donors (Lipinski definition) is 1. The molecule has 0 aliphatic carbocycles. The second-order valence-electron chi connectivity index (χ2n) is 6.91. The molecule has 0 aliphatic heterocycles. The summed E-state index contributed by atoms with van der Waals surface area (Å²) < 4.78 is 32.4. The highest BCUT2D eigenvalue weighted by Gasteiger charge is 2.24. The van der Waals surface area contributed by atoms with E-state index in [9.17, 15) is 8.42 Å². The number of hydrogen-bond acceptors (Lipinski definition) is 5. The van der Waals surface area contributed by atoms with Crippen LogP contribution >= 0.6 is 0 Å². The highest BCUT2D eigenvalue weighted by Crippen LogP contribution is 2.35. The minimum absolute atomic E-state index is 0.138. The van der Waals surface area contributed by atoms with Crippen LogP contribution in [0, 0.1) is 6.92 Å². The van der Waals surface area contributed by atoms with Gasteiger partial charge in [-0.25, -0.2) is 8.42 Å². The second-order valence-corrected chi connectivity index (χ2v) is 8.83. The Hall–Kier alpha value is -3.38. The molecule has 1 N–H and O–H groups in total. The number of aromatic nitrogens is 1. The van der Waals surface area contributed by atoms with Gasteiger partial charge in [0.2, 0.25) is 9.84 Å². The highest BCUT2D eigenvalue weighted by atomic mass is 32.2. The van der Waals surface area contributed by atoms with Crippen molar-refractivity contribution in [2.75, 3.05) is 11.9 Å². The highest BCUT2D eigenvalue weighted by molar-refractivity contribution is 7.91. The summed E-state index contributed by atoms with van der Waals surface area (Å²) in [4.78, 5) is 4.77. The first kappa shape index (κ1) is 19.9. The number of ether oxygens (including phenoxy) is 1. The summed E-state index contributed by atoms with van der Waals surface area (Å²) >= 11 is 0. The van der Waals surface area contributed by atoms with Crippen molar-refractivity contribution in [1.29, 1.82) is 0 Å². The zero-order chi connectivity index (χ0) is 21.1. The van der Waals surface area contributed by atoms with E-state index in [1.807, 2.05) is 62.4 Å². The average Bonchev–Trinajstić information content (AvgIpc) is 2.75. The standard InChI is InChI=1S/C24H22N2O3S/c1-3-29-19-12-10-18(11-13-19)26-24-21-6-4-5-7-22(21)25-16-23(24)30(27,28)20-14-8-17(2)9-15-20/h4-16H,3H2,1-2H3,(H,25,26). The third kappa shape index (κ3) is 3.86. The molecule has 0 saturated heterocycles. The Kier molecular flexibility index (Phi) is 5.42. The van der Waals surface area contributed by atoms with E-state index in [1.54, 1.807) is 24.3 Å². The number of pyridine rings is 1. The molecule has 1 aromatic heterocycles. The number of sulfone groups is 1. The fourth-order valence-corrected chi connectivity index (χ4v) is 4.62. The van der Waals surface area contributed by atoms with Crippen LogP contribution in [0.2, 0.25) is 0 Å². The number of anilines is 2. The molecule has 0 bridgehead atoms. The molecule has 4 aromatic rings. The van der Waals surface area contributed by atoms with Crippen LogP contribution in [0.3, 0.4) is 0 Å². The topological polar surface area (TPSA) is 68.3 Å². The van der Waals surface area contributed by atoms with Crippen LogP contribution in [0.1, 0.15) is 12.5 Å². The molecule has 0 aliphatic rings. The van der Waals surface area contributed by atoms with Crippen molar-refractivity contribution < 1.29 is 13.2 Å². The number of aryl methyl sites for hydroxylation is 1. The van der Waals surface area contributed by atoms with Crippen molar-refractivity contribution in [3.8, 4) is 5.75 Å². The van der Waals surface area contributed by atoms with Crippen molar-refractivity contribution >= 4 is 32.1 Å². The van der Waals surface area contributed by atoms with Gasteiger partial charge in [0.05, 0.1) is 22.7 Å². The molecule has 0 fully saturated rings. The maximum atomic E-state index is 13.4.